The molecule has 0 spiro atoms. The maximum Gasteiger partial charge on any atom is 0.328 e. The number of imide groups is 1. The van der Waals surface area contributed by atoms with Crippen molar-refractivity contribution >= 4 is 57.2 Å². The summed E-state index contributed by atoms with van der Waals surface area (Å²) in [6, 6.07) is 22.7. The first-order valence-corrected chi connectivity index (χ1v) is 19.4. The third-order valence-electron chi connectivity index (χ3n) is 11.4. The molecule has 0 radical (unpaired) electrons. The molecule has 0 saturated carbocycles. The van der Waals surface area contributed by atoms with E-state index in [-0.39, 0.29) is 11.9 Å². The van der Waals surface area contributed by atoms with Gasteiger partial charge in [-0.05, 0) is 91.4 Å². The molecule has 5 aromatic rings. The number of carbonyl (C=O) groups is 2. The van der Waals surface area contributed by atoms with E-state index in [1.54, 1.807) is 4.90 Å². The molecule has 3 saturated heterocycles. The van der Waals surface area contributed by atoms with Crippen molar-refractivity contribution in [1.82, 2.24) is 25.2 Å². The van der Waals surface area contributed by atoms with Gasteiger partial charge in [0.15, 0.2) is 0 Å². The van der Waals surface area contributed by atoms with E-state index >= 15 is 0 Å². The number of rotatable bonds is 8. The molecule has 9 rings (SSSR count). The zero-order valence-corrected chi connectivity index (χ0v) is 31.1. The summed E-state index contributed by atoms with van der Waals surface area (Å²) in [5.41, 5.74) is 9.25. The van der Waals surface area contributed by atoms with Gasteiger partial charge >= 0.3 is 6.03 Å². The molecule has 0 bridgehead atoms. The Morgan fingerprint density at radius 2 is 1.55 bits per heavy atom. The van der Waals surface area contributed by atoms with Gasteiger partial charge in [-0.15, -0.1) is 0 Å². The van der Waals surface area contributed by atoms with Crippen LogP contribution in [0.5, 0.6) is 5.88 Å². The Kier molecular flexibility index (Phi) is 9.53. The Hall–Kier alpha value is -5.95. The van der Waals surface area contributed by atoms with Crippen molar-refractivity contribution in [2.75, 3.05) is 90.8 Å². The number of pyridine rings is 1. The number of piperidine rings is 1. The van der Waals surface area contributed by atoms with E-state index in [1.165, 1.54) is 24.2 Å². The number of piperazine rings is 1. The number of urea groups is 1. The molecule has 0 unspecified atom stereocenters. The van der Waals surface area contributed by atoms with Crippen molar-refractivity contribution in [3.05, 3.63) is 84.7 Å². The molecule has 0 aliphatic carbocycles. The van der Waals surface area contributed by atoms with E-state index in [0.717, 1.165) is 97.0 Å². The molecule has 3 fully saturated rings. The van der Waals surface area contributed by atoms with E-state index in [2.05, 4.69) is 102 Å². The summed E-state index contributed by atoms with van der Waals surface area (Å²) < 4.78 is 5.72. The number of nitrogens with one attached hydrogen (secondary N) is 3. The Morgan fingerprint density at radius 1 is 0.818 bits per heavy atom. The molecule has 13 heteroatoms. The first-order chi connectivity index (χ1) is 26.9. The number of hydrogen-bond donors (Lipinski definition) is 3. The number of carbonyl (C=O) groups excluding carboxylic acids is 2. The maximum atomic E-state index is 12.2. The molecule has 3 amide bonds. The summed E-state index contributed by atoms with van der Waals surface area (Å²) in [5, 5.41) is 10.2. The maximum absolute atomic E-state index is 12.2. The summed E-state index contributed by atoms with van der Waals surface area (Å²) >= 11 is 0. The van der Waals surface area contributed by atoms with Crippen LogP contribution in [0.4, 0.5) is 39.2 Å². The number of benzene rings is 3. The van der Waals surface area contributed by atoms with Crippen molar-refractivity contribution in [2.45, 2.75) is 26.2 Å². The van der Waals surface area contributed by atoms with Gasteiger partial charge in [0.2, 0.25) is 17.7 Å². The minimum atomic E-state index is -0.345. The normalized spacial score (nSPS) is 18.1. The lowest BCUT2D eigenvalue weighted by atomic mass is 9.95. The predicted molar refractivity (Wildman–Crippen MR) is 217 cm³/mol. The average molecular weight is 739 g/mol. The van der Waals surface area contributed by atoms with Crippen LogP contribution in [0.2, 0.25) is 0 Å². The molecule has 3 aromatic carbocycles. The number of amides is 3. The summed E-state index contributed by atoms with van der Waals surface area (Å²) in [7, 11) is 0. The van der Waals surface area contributed by atoms with Crippen LogP contribution in [0, 0.1) is 12.8 Å². The zero-order valence-electron chi connectivity index (χ0n) is 31.1. The van der Waals surface area contributed by atoms with Gasteiger partial charge in [-0.3, -0.25) is 19.9 Å². The third kappa shape index (κ3) is 7.44. The topological polar surface area (TPSA) is 131 Å². The molecule has 6 heterocycles. The molecule has 55 heavy (non-hydrogen) atoms. The van der Waals surface area contributed by atoms with Crippen molar-refractivity contribution in [1.29, 1.82) is 0 Å². The fraction of sp³-hybridized carbons (Fsp3) is 0.357. The molecule has 3 N–H and O–H groups in total. The Balaban J connectivity index is 0.750. The quantitative estimate of drug-likeness (QED) is 0.173. The van der Waals surface area contributed by atoms with Gasteiger partial charge in [0, 0.05) is 111 Å². The number of fused-ring (bicyclic) bond motifs is 2. The van der Waals surface area contributed by atoms with E-state index < -0.39 is 0 Å². The van der Waals surface area contributed by atoms with Crippen molar-refractivity contribution < 1.29 is 14.3 Å². The second kappa shape index (κ2) is 15.1. The van der Waals surface area contributed by atoms with Gasteiger partial charge in [0.1, 0.15) is 12.3 Å². The number of ether oxygens (including phenoxy) is 1. The minimum Gasteiger partial charge on any atom is -0.474 e. The van der Waals surface area contributed by atoms with E-state index in [4.69, 9.17) is 9.72 Å². The number of nitrogens with zero attached hydrogens (tertiary/aromatic N) is 7. The van der Waals surface area contributed by atoms with Crippen molar-refractivity contribution in [2.24, 2.45) is 5.92 Å². The van der Waals surface area contributed by atoms with Crippen molar-refractivity contribution in [3.8, 4) is 17.0 Å². The molecular weight excluding hydrogens is 693 g/mol. The summed E-state index contributed by atoms with van der Waals surface area (Å²) in [5.74, 6) is 1.72. The fourth-order valence-corrected chi connectivity index (χ4v) is 8.23. The second-order valence-corrected chi connectivity index (χ2v) is 14.9. The number of hydrogen-bond acceptors (Lipinski definition) is 11. The molecule has 4 aliphatic rings. The molecule has 2 aromatic heterocycles. The highest BCUT2D eigenvalue weighted by atomic mass is 16.5. The van der Waals surface area contributed by atoms with Gasteiger partial charge < -0.3 is 25.2 Å². The van der Waals surface area contributed by atoms with Crippen LogP contribution in [0.3, 0.4) is 0 Å². The minimum absolute atomic E-state index is 0.213. The smallest absolute Gasteiger partial charge is 0.328 e. The van der Waals surface area contributed by atoms with Crippen LogP contribution in [0.15, 0.2) is 79.1 Å². The largest absolute Gasteiger partial charge is 0.474 e. The molecule has 0 atom stereocenters. The SMILES string of the molecule is Cc1c(-c2ccc3cnc(Nc4ccc(N5CCC(CN6CCN(c7ccc(N8CCC(=O)NC8=O)cc7)CC6)CC5)cc4)nc3c2)cnc2c1NCCO2. The number of aromatic nitrogens is 3. The molecule has 282 valence electrons. The highest BCUT2D eigenvalue weighted by Crippen LogP contribution is 2.36. The van der Waals surface area contributed by atoms with E-state index in [0.29, 0.717) is 37.3 Å². The highest BCUT2D eigenvalue weighted by Gasteiger charge is 2.26. The first kappa shape index (κ1) is 34.8. The van der Waals surface area contributed by atoms with Gasteiger partial charge in [0.25, 0.3) is 0 Å². The lowest BCUT2D eigenvalue weighted by Gasteiger charge is -2.40. The van der Waals surface area contributed by atoms with Crippen molar-refractivity contribution in [3.63, 3.8) is 0 Å². The lowest BCUT2D eigenvalue weighted by Crippen LogP contribution is -2.49. The molecule has 4 aliphatic heterocycles. The third-order valence-corrected chi connectivity index (χ3v) is 11.4. The van der Waals surface area contributed by atoms with Crippen LogP contribution >= 0.6 is 0 Å². The summed E-state index contributed by atoms with van der Waals surface area (Å²) in [4.78, 5) is 46.9. The van der Waals surface area contributed by atoms with Gasteiger partial charge in [-0.2, -0.15) is 0 Å². The van der Waals surface area contributed by atoms with Crippen LogP contribution < -0.4 is 35.4 Å². The van der Waals surface area contributed by atoms with Crippen LogP contribution in [0.25, 0.3) is 22.0 Å². The van der Waals surface area contributed by atoms with Gasteiger partial charge in [-0.25, -0.2) is 19.7 Å². The average Bonchev–Trinajstić information content (AvgIpc) is 3.22. The standard InChI is InChI=1S/C42H46N10O3/c1-28-36(26-44-40-39(28)43-15-23-55-40)30-2-3-31-25-45-41(47-37(31)24-30)46-32-4-6-33(7-5-32)50-16-12-29(13-17-50)27-49-19-21-51(22-20-49)34-8-10-35(11-9-34)52-18-14-38(53)48-42(52)54/h2-11,24-26,29,43H,12-23,27H2,1H3,(H,45,46,47)(H,48,53,54). The highest BCUT2D eigenvalue weighted by molar-refractivity contribution is 6.05. The second-order valence-electron chi connectivity index (χ2n) is 14.9. The summed E-state index contributed by atoms with van der Waals surface area (Å²) in [6.45, 7) is 11.3. The van der Waals surface area contributed by atoms with Crippen LogP contribution in [0.1, 0.15) is 24.8 Å². The fourth-order valence-electron chi connectivity index (χ4n) is 8.23. The molecular formula is C42H46N10O3. The summed E-state index contributed by atoms with van der Waals surface area (Å²) in [6.07, 6.45) is 6.46. The Morgan fingerprint density at radius 3 is 2.31 bits per heavy atom. The van der Waals surface area contributed by atoms with Crippen LogP contribution in [-0.4, -0.2) is 97.3 Å². The Bertz CT molecular complexity index is 2200. The first-order valence-electron chi connectivity index (χ1n) is 19.4. The van der Waals surface area contributed by atoms with Gasteiger partial charge in [-0.1, -0.05) is 12.1 Å². The molecule has 13 nitrogen and oxygen atoms in total. The monoisotopic (exact) mass is 738 g/mol. The number of anilines is 6. The lowest BCUT2D eigenvalue weighted by molar-refractivity contribution is -0.120. The van der Waals surface area contributed by atoms with E-state index in [9.17, 15) is 9.59 Å². The van der Waals surface area contributed by atoms with Gasteiger partial charge in [0.05, 0.1) is 5.52 Å². The zero-order chi connectivity index (χ0) is 37.3. The Labute approximate surface area is 320 Å². The predicted octanol–water partition coefficient (Wildman–Crippen LogP) is 6.03. The van der Waals surface area contributed by atoms with Crippen LogP contribution in [-0.2, 0) is 4.79 Å². The van der Waals surface area contributed by atoms with E-state index in [1.807, 2.05) is 24.5 Å².